The molecule has 0 saturated heterocycles. The Morgan fingerprint density at radius 2 is 1.91 bits per heavy atom. The summed E-state index contributed by atoms with van der Waals surface area (Å²) in [5.41, 5.74) is 4.14. The van der Waals surface area contributed by atoms with Crippen LogP contribution in [-0.2, 0) is 4.84 Å². The molecule has 2 heteroatoms. The van der Waals surface area contributed by atoms with Crippen LogP contribution in [0.5, 0.6) is 0 Å². The van der Waals surface area contributed by atoms with Gasteiger partial charge in [0.05, 0.1) is 5.71 Å². The Hall–Kier alpha value is -0.790. The van der Waals surface area contributed by atoms with Gasteiger partial charge in [-0.25, -0.2) is 0 Å². The number of rotatable bonds is 4. The lowest BCUT2D eigenvalue weighted by Crippen LogP contribution is -2.37. The minimum absolute atomic E-state index is 0.154. The van der Waals surface area contributed by atoms with Gasteiger partial charge in [-0.2, -0.15) is 0 Å². The molecule has 0 aromatic rings. The summed E-state index contributed by atoms with van der Waals surface area (Å²) in [5, 5.41) is 4.27. The van der Waals surface area contributed by atoms with Gasteiger partial charge < -0.3 is 4.84 Å². The highest BCUT2D eigenvalue weighted by Crippen LogP contribution is 2.78. The molecule has 3 fully saturated rings. The molecular weight excluding hydrogens is 270 g/mol. The van der Waals surface area contributed by atoms with Crippen molar-refractivity contribution in [2.45, 2.75) is 86.2 Å². The molecule has 0 spiro atoms. The first kappa shape index (κ1) is 16.1. The molecule has 3 saturated carbocycles. The molecule has 3 rings (SSSR count). The van der Waals surface area contributed by atoms with E-state index in [9.17, 15) is 0 Å². The van der Waals surface area contributed by atoms with E-state index in [4.69, 9.17) is 4.84 Å². The third-order valence-electron chi connectivity index (χ3n) is 7.44. The maximum absolute atomic E-state index is 5.41. The molecular formula is C20H33NO. The first-order chi connectivity index (χ1) is 10.2. The van der Waals surface area contributed by atoms with Gasteiger partial charge in [0.15, 0.2) is 0 Å². The van der Waals surface area contributed by atoms with Crippen LogP contribution in [0.25, 0.3) is 0 Å². The quantitative estimate of drug-likeness (QED) is 0.480. The van der Waals surface area contributed by atoms with Gasteiger partial charge in [0.1, 0.15) is 6.10 Å². The fraction of sp³-hybridized carbons (Fsp3) is 0.850. The van der Waals surface area contributed by atoms with Crippen molar-refractivity contribution < 1.29 is 4.84 Å². The molecule has 0 N–H and O–H groups in total. The van der Waals surface area contributed by atoms with Crippen LogP contribution in [0.1, 0.15) is 80.1 Å². The summed E-state index contributed by atoms with van der Waals surface area (Å²) in [7, 11) is 0. The zero-order chi connectivity index (χ0) is 16.2. The SMILES string of the molecule is C/C(=C\C(C)=N\OC(C)C)[C@@]12CCC[C@@]3(C)[C@@H]1CC[C@@]3(C)C2. The number of allylic oxidation sites excluding steroid dienone is 2. The van der Waals surface area contributed by atoms with Crippen LogP contribution in [0.4, 0.5) is 0 Å². The summed E-state index contributed by atoms with van der Waals surface area (Å²) >= 11 is 0. The fourth-order valence-electron chi connectivity index (χ4n) is 6.28. The van der Waals surface area contributed by atoms with Crippen LogP contribution < -0.4 is 0 Å². The second-order valence-corrected chi connectivity index (χ2v) is 8.97. The highest BCUT2D eigenvalue weighted by molar-refractivity contribution is 5.93. The second-order valence-electron chi connectivity index (χ2n) is 8.97. The second kappa shape index (κ2) is 5.11. The van der Waals surface area contributed by atoms with Gasteiger partial charge in [0.25, 0.3) is 0 Å². The van der Waals surface area contributed by atoms with Crippen LogP contribution >= 0.6 is 0 Å². The van der Waals surface area contributed by atoms with Crippen molar-refractivity contribution in [1.82, 2.24) is 0 Å². The van der Waals surface area contributed by atoms with E-state index in [2.05, 4.69) is 38.9 Å². The molecule has 2 nitrogen and oxygen atoms in total. The van der Waals surface area contributed by atoms with E-state index in [1.165, 1.54) is 38.5 Å². The molecule has 3 aliphatic rings. The largest absolute Gasteiger partial charge is 0.393 e. The van der Waals surface area contributed by atoms with Gasteiger partial charge in [-0.3, -0.25) is 0 Å². The van der Waals surface area contributed by atoms with Gasteiger partial charge in [-0.15, -0.1) is 0 Å². The average molecular weight is 303 g/mol. The van der Waals surface area contributed by atoms with E-state index in [0.717, 1.165) is 11.6 Å². The molecule has 4 atom stereocenters. The van der Waals surface area contributed by atoms with Crippen molar-refractivity contribution in [3.05, 3.63) is 11.6 Å². The molecule has 0 heterocycles. The summed E-state index contributed by atoms with van der Waals surface area (Å²) in [6.07, 6.45) is 10.9. The molecule has 0 aromatic heterocycles. The Bertz CT molecular complexity index is 520. The Morgan fingerprint density at radius 3 is 2.59 bits per heavy atom. The van der Waals surface area contributed by atoms with E-state index in [0.29, 0.717) is 16.2 Å². The first-order valence-corrected chi connectivity index (χ1v) is 9.13. The van der Waals surface area contributed by atoms with Crippen LogP contribution in [0, 0.1) is 22.2 Å². The summed E-state index contributed by atoms with van der Waals surface area (Å²) in [6.45, 7) is 13.6. The molecule has 3 aliphatic carbocycles. The van der Waals surface area contributed by atoms with Crippen molar-refractivity contribution in [3.63, 3.8) is 0 Å². The lowest BCUT2D eigenvalue weighted by atomic mass is 9.59. The van der Waals surface area contributed by atoms with Gasteiger partial charge in [0.2, 0.25) is 0 Å². The van der Waals surface area contributed by atoms with E-state index < -0.39 is 0 Å². The van der Waals surface area contributed by atoms with E-state index in [1.807, 2.05) is 13.8 Å². The summed E-state index contributed by atoms with van der Waals surface area (Å²) in [5.74, 6) is 0.883. The first-order valence-electron chi connectivity index (χ1n) is 9.13. The van der Waals surface area contributed by atoms with Crippen molar-refractivity contribution in [3.8, 4) is 0 Å². The molecule has 0 aromatic carbocycles. The van der Waals surface area contributed by atoms with Crippen LogP contribution in [0.3, 0.4) is 0 Å². The van der Waals surface area contributed by atoms with Crippen molar-refractivity contribution in [2.24, 2.45) is 27.3 Å². The van der Waals surface area contributed by atoms with Crippen molar-refractivity contribution >= 4 is 5.71 Å². The Balaban J connectivity index is 1.90. The predicted molar refractivity (Wildman–Crippen MR) is 92.9 cm³/mol. The van der Waals surface area contributed by atoms with Crippen LogP contribution in [0.2, 0.25) is 0 Å². The third kappa shape index (κ3) is 2.09. The molecule has 0 aliphatic heterocycles. The summed E-state index contributed by atoms with van der Waals surface area (Å²) < 4.78 is 0. The summed E-state index contributed by atoms with van der Waals surface area (Å²) in [4.78, 5) is 5.41. The van der Waals surface area contributed by atoms with Crippen molar-refractivity contribution in [2.75, 3.05) is 0 Å². The van der Waals surface area contributed by atoms with Gasteiger partial charge >= 0.3 is 0 Å². The molecule has 0 amide bonds. The average Bonchev–Trinajstić information content (AvgIpc) is 2.74. The molecule has 0 radical (unpaired) electrons. The third-order valence-corrected chi connectivity index (χ3v) is 7.44. The number of hydrogen-bond donors (Lipinski definition) is 0. The Kier molecular flexibility index (Phi) is 3.73. The highest BCUT2D eigenvalue weighted by Gasteiger charge is 2.70. The van der Waals surface area contributed by atoms with E-state index in [-0.39, 0.29) is 6.10 Å². The lowest BCUT2D eigenvalue weighted by Gasteiger charge is -2.46. The van der Waals surface area contributed by atoms with E-state index in [1.54, 1.807) is 5.57 Å². The topological polar surface area (TPSA) is 21.6 Å². The highest BCUT2D eigenvalue weighted by atomic mass is 16.6. The molecule has 0 unspecified atom stereocenters. The maximum Gasteiger partial charge on any atom is 0.122 e. The normalized spacial score (nSPS) is 44.8. The number of hydrogen-bond acceptors (Lipinski definition) is 2. The standard InChI is InChI=1S/C20H33NO/c1-14(2)22-21-16(4)12-15(3)20-10-7-9-19(6)17(20)8-11-18(19,5)13-20/h12,14,17H,7-11,13H2,1-6H3/b15-12+,21-16+/t17-,18-,19-,20-/m0/s1. The van der Waals surface area contributed by atoms with Gasteiger partial charge in [-0.05, 0) is 88.0 Å². The van der Waals surface area contributed by atoms with Crippen molar-refractivity contribution in [1.29, 1.82) is 0 Å². The lowest BCUT2D eigenvalue weighted by molar-refractivity contribution is 0.0723. The molecule has 4 bridgehead atoms. The molecule has 22 heavy (non-hydrogen) atoms. The Labute approximate surface area is 136 Å². The minimum atomic E-state index is 0.154. The van der Waals surface area contributed by atoms with Crippen LogP contribution in [-0.4, -0.2) is 11.8 Å². The smallest absolute Gasteiger partial charge is 0.122 e. The zero-order valence-corrected chi connectivity index (χ0v) is 15.3. The predicted octanol–water partition coefficient (Wildman–Crippen LogP) is 5.73. The van der Waals surface area contributed by atoms with E-state index >= 15 is 0 Å². The van der Waals surface area contributed by atoms with Gasteiger partial charge in [0, 0.05) is 0 Å². The Morgan fingerprint density at radius 1 is 1.18 bits per heavy atom. The monoisotopic (exact) mass is 303 g/mol. The molecule has 124 valence electrons. The number of nitrogens with zero attached hydrogens (tertiary/aromatic N) is 1. The zero-order valence-electron chi connectivity index (χ0n) is 15.3. The minimum Gasteiger partial charge on any atom is -0.393 e. The maximum atomic E-state index is 5.41. The number of oxime groups is 1. The van der Waals surface area contributed by atoms with Crippen LogP contribution in [0.15, 0.2) is 16.8 Å². The fourth-order valence-corrected chi connectivity index (χ4v) is 6.28. The summed E-state index contributed by atoms with van der Waals surface area (Å²) in [6, 6.07) is 0. The van der Waals surface area contributed by atoms with Gasteiger partial charge in [-0.1, -0.05) is 31.0 Å².